The Hall–Kier alpha value is -1.58. The average molecular weight is 491 g/mol. The van der Waals surface area contributed by atoms with Gasteiger partial charge < -0.3 is 9.47 Å². The second kappa shape index (κ2) is 11.0. The molecule has 0 N–H and O–H groups in total. The number of Topliss-reactive ketones (excluding diaryl/α,β-unsaturated/α-hetero) is 1. The number of phosphoric ester groups is 1. The quantitative estimate of drug-likeness (QED) is 0.263. The maximum atomic E-state index is 12.8. The van der Waals surface area contributed by atoms with Gasteiger partial charge in [-0.1, -0.05) is 19.9 Å². The molecule has 2 rings (SSSR count). The van der Waals surface area contributed by atoms with E-state index in [1.807, 2.05) is 17.5 Å². The van der Waals surface area contributed by atoms with Crippen LogP contribution >= 0.6 is 19.2 Å². The first-order chi connectivity index (χ1) is 14.8. The van der Waals surface area contributed by atoms with Gasteiger partial charge >= 0.3 is 19.8 Å². The lowest BCUT2D eigenvalue weighted by atomic mass is 9.84. The van der Waals surface area contributed by atoms with Crippen LogP contribution in [0.4, 0.5) is 0 Å². The zero-order valence-corrected chi connectivity index (χ0v) is 20.8. The predicted octanol–water partition coefficient (Wildman–Crippen LogP) is 4.64. The number of carbonyl (C=O) groups is 3. The third-order valence-corrected chi connectivity index (χ3v) is 6.79. The highest BCUT2D eigenvalue weighted by molar-refractivity contribution is 7.48. The number of hydrogen-bond acceptors (Lipinski definition) is 10. The van der Waals surface area contributed by atoms with Gasteiger partial charge in [0.2, 0.25) is 6.79 Å². The molecule has 1 saturated heterocycles. The van der Waals surface area contributed by atoms with E-state index in [1.54, 1.807) is 34.6 Å². The number of hydrogen-bond donors (Lipinski definition) is 0. The Labute approximate surface area is 192 Å². The van der Waals surface area contributed by atoms with Gasteiger partial charge in [0.25, 0.3) is 0 Å². The second-order valence-electron chi connectivity index (χ2n) is 9.18. The number of thiophene rings is 1. The van der Waals surface area contributed by atoms with Crippen LogP contribution in [-0.2, 0) is 48.6 Å². The highest BCUT2D eigenvalue weighted by atomic mass is 32.1. The molecule has 0 saturated carbocycles. The lowest BCUT2D eigenvalue weighted by molar-refractivity contribution is -0.163. The van der Waals surface area contributed by atoms with Crippen molar-refractivity contribution in [3.05, 3.63) is 22.4 Å². The minimum Gasteiger partial charge on any atom is -0.460 e. The monoisotopic (exact) mass is 490 g/mol. The summed E-state index contributed by atoms with van der Waals surface area (Å²) < 4.78 is 38.6. The van der Waals surface area contributed by atoms with Crippen molar-refractivity contribution >= 4 is 36.9 Å². The van der Waals surface area contributed by atoms with Gasteiger partial charge in [-0.2, -0.15) is 0 Å². The molecule has 0 bridgehead atoms. The Bertz CT molecular complexity index is 842. The lowest BCUT2D eigenvalue weighted by Gasteiger charge is -2.39. The van der Waals surface area contributed by atoms with Crippen molar-refractivity contribution in [3.63, 3.8) is 0 Å². The van der Waals surface area contributed by atoms with Crippen LogP contribution in [0, 0.1) is 10.8 Å². The molecule has 1 aliphatic rings. The molecule has 1 fully saturated rings. The highest BCUT2D eigenvalue weighted by Crippen LogP contribution is 2.57. The van der Waals surface area contributed by atoms with E-state index in [0.717, 1.165) is 4.88 Å². The Balaban J connectivity index is 1.82. The number of esters is 2. The van der Waals surface area contributed by atoms with Crippen LogP contribution in [0.2, 0.25) is 0 Å². The molecule has 0 aromatic carbocycles. The fraction of sp³-hybridized carbons (Fsp3) is 0.667. The zero-order valence-electron chi connectivity index (χ0n) is 19.1. The van der Waals surface area contributed by atoms with E-state index in [9.17, 15) is 18.9 Å². The summed E-state index contributed by atoms with van der Waals surface area (Å²) in [7, 11) is -4.09. The number of rotatable bonds is 10. The molecule has 1 aromatic heterocycles. The fourth-order valence-corrected chi connectivity index (χ4v) is 4.85. The largest absolute Gasteiger partial charge is 0.478 e. The Morgan fingerprint density at radius 3 is 2.56 bits per heavy atom. The van der Waals surface area contributed by atoms with E-state index in [0.29, 0.717) is 0 Å². The van der Waals surface area contributed by atoms with Crippen LogP contribution < -0.4 is 0 Å². The van der Waals surface area contributed by atoms with E-state index in [-0.39, 0.29) is 38.3 Å². The van der Waals surface area contributed by atoms with E-state index in [1.165, 1.54) is 11.3 Å². The van der Waals surface area contributed by atoms with Gasteiger partial charge in [-0.25, -0.2) is 9.09 Å². The molecule has 9 nitrogen and oxygen atoms in total. The lowest BCUT2D eigenvalue weighted by Crippen LogP contribution is -2.45. The molecule has 11 heteroatoms. The summed E-state index contributed by atoms with van der Waals surface area (Å²) in [6.45, 7) is 8.03. The van der Waals surface area contributed by atoms with Gasteiger partial charge in [0.15, 0.2) is 5.78 Å². The number of ketones is 1. The third-order valence-electron chi connectivity index (χ3n) is 4.60. The molecular weight excluding hydrogens is 459 g/mol. The summed E-state index contributed by atoms with van der Waals surface area (Å²) in [4.78, 5) is 37.4. The standard InChI is InChI=1S/C21H31O9PS/c1-20(2,3)19(24)27-14-29-31(25)28-13-21(4,5)18(30-31)16(22)9-6-10-17(23)26-12-15-8-7-11-32-15/h7-8,11,18H,6,9-10,12-14H2,1-5H3/t18-,31+/m0/s1. The molecule has 0 spiro atoms. The number of ether oxygens (including phenoxy) is 2. The molecule has 1 aromatic rings. The summed E-state index contributed by atoms with van der Waals surface area (Å²) in [5.41, 5.74) is -1.51. The summed E-state index contributed by atoms with van der Waals surface area (Å²) in [5.74, 6) is -1.26. The average Bonchev–Trinajstić information content (AvgIpc) is 3.21. The molecule has 0 aliphatic carbocycles. The first-order valence-corrected chi connectivity index (χ1v) is 12.6. The molecule has 180 valence electrons. The van der Waals surface area contributed by atoms with Gasteiger partial charge in [0.05, 0.1) is 12.0 Å². The summed E-state index contributed by atoms with van der Waals surface area (Å²) >= 11 is 1.49. The van der Waals surface area contributed by atoms with Crippen molar-refractivity contribution in [3.8, 4) is 0 Å². The van der Waals surface area contributed by atoms with Crippen LogP contribution in [0.1, 0.15) is 58.8 Å². The fourth-order valence-electron chi connectivity index (χ4n) is 2.70. The molecule has 0 amide bonds. The van der Waals surface area contributed by atoms with Gasteiger partial charge in [-0.05, 0) is 38.6 Å². The smallest absolute Gasteiger partial charge is 0.460 e. The van der Waals surface area contributed by atoms with Crippen LogP contribution in [0.3, 0.4) is 0 Å². The van der Waals surface area contributed by atoms with E-state index >= 15 is 0 Å². The van der Waals surface area contributed by atoms with E-state index in [2.05, 4.69) is 0 Å². The number of phosphoric acid groups is 1. The molecule has 2 heterocycles. The molecule has 1 aliphatic heterocycles. The molecule has 0 radical (unpaired) electrons. The SMILES string of the molecule is CC(C)(C)C(=O)OCO[P@@]1(=O)OCC(C)(C)[C@H](C(=O)CCCC(=O)OCc2cccs2)O1. The third kappa shape index (κ3) is 8.08. The maximum absolute atomic E-state index is 12.8. The van der Waals surface area contributed by atoms with Gasteiger partial charge in [0, 0.05) is 23.1 Å². The first-order valence-electron chi connectivity index (χ1n) is 10.3. The zero-order chi connectivity index (χ0) is 24.0. The van der Waals surface area contributed by atoms with Crippen LogP contribution in [0.15, 0.2) is 17.5 Å². The van der Waals surface area contributed by atoms with Crippen LogP contribution in [0.5, 0.6) is 0 Å². The second-order valence-corrected chi connectivity index (χ2v) is 11.8. The van der Waals surface area contributed by atoms with Crippen molar-refractivity contribution in [2.45, 2.75) is 66.6 Å². The van der Waals surface area contributed by atoms with Crippen molar-refractivity contribution in [1.29, 1.82) is 0 Å². The van der Waals surface area contributed by atoms with Crippen molar-refractivity contribution in [2.24, 2.45) is 10.8 Å². The summed E-state index contributed by atoms with van der Waals surface area (Å²) in [6, 6.07) is 3.75. The van der Waals surface area contributed by atoms with Crippen molar-refractivity contribution in [1.82, 2.24) is 0 Å². The molecule has 0 unspecified atom stereocenters. The summed E-state index contributed by atoms with van der Waals surface area (Å²) in [6.07, 6.45) is -0.658. The minimum absolute atomic E-state index is 0.0429. The molecule has 2 atom stereocenters. The Morgan fingerprint density at radius 1 is 1.22 bits per heavy atom. The first kappa shape index (κ1) is 26.7. The molecule has 32 heavy (non-hydrogen) atoms. The maximum Gasteiger partial charge on any atom is 0.478 e. The van der Waals surface area contributed by atoms with Crippen LogP contribution in [0.25, 0.3) is 0 Å². The molecular formula is C21H31O9PS. The normalized spacial score (nSPS) is 22.8. The Kier molecular flexibility index (Phi) is 9.19. The van der Waals surface area contributed by atoms with Crippen molar-refractivity contribution < 1.29 is 42.0 Å². The van der Waals surface area contributed by atoms with E-state index < -0.39 is 43.5 Å². The van der Waals surface area contributed by atoms with Crippen molar-refractivity contribution in [2.75, 3.05) is 13.4 Å². The van der Waals surface area contributed by atoms with Gasteiger partial charge in [0.1, 0.15) is 12.7 Å². The van der Waals surface area contributed by atoms with E-state index in [4.69, 9.17) is 23.0 Å². The summed E-state index contributed by atoms with van der Waals surface area (Å²) in [5, 5.41) is 1.90. The van der Waals surface area contributed by atoms with Crippen LogP contribution in [-0.4, -0.2) is 37.2 Å². The van der Waals surface area contributed by atoms with Gasteiger partial charge in [-0.15, -0.1) is 11.3 Å². The minimum atomic E-state index is -4.09. The highest BCUT2D eigenvalue weighted by Gasteiger charge is 2.48. The predicted molar refractivity (Wildman–Crippen MR) is 117 cm³/mol. The Morgan fingerprint density at radius 2 is 1.94 bits per heavy atom. The topological polar surface area (TPSA) is 114 Å². The number of carbonyl (C=O) groups excluding carboxylic acids is 3. The van der Waals surface area contributed by atoms with Gasteiger partial charge in [-0.3, -0.25) is 23.4 Å².